The van der Waals surface area contributed by atoms with Gasteiger partial charge in [-0.2, -0.15) is 0 Å². The highest BCUT2D eigenvalue weighted by atomic mass is 35.5. The first-order valence-electron chi connectivity index (χ1n) is 10.3. The zero-order valence-electron chi connectivity index (χ0n) is 18.7. The molecule has 0 unspecified atom stereocenters. The summed E-state index contributed by atoms with van der Waals surface area (Å²) in [5, 5.41) is 4.02. The molecule has 0 bridgehead atoms. The van der Waals surface area contributed by atoms with Crippen LogP contribution in [0.1, 0.15) is 6.92 Å². The number of rotatable bonds is 7. The molecule has 0 saturated carbocycles. The highest BCUT2D eigenvalue weighted by Crippen LogP contribution is 2.38. The molecule has 9 nitrogen and oxygen atoms in total. The van der Waals surface area contributed by atoms with Crippen molar-refractivity contribution >= 4 is 50.3 Å². The number of morpholine rings is 1. The summed E-state index contributed by atoms with van der Waals surface area (Å²) in [5.41, 5.74) is 2.16. The van der Waals surface area contributed by atoms with Crippen molar-refractivity contribution in [3.05, 3.63) is 36.7 Å². The van der Waals surface area contributed by atoms with Crippen molar-refractivity contribution < 1.29 is 22.6 Å². The monoisotopic (exact) mass is 494 g/mol. The Labute approximate surface area is 199 Å². The van der Waals surface area contributed by atoms with Crippen molar-refractivity contribution in [1.82, 2.24) is 9.97 Å². The number of fused-ring (bicyclic) bond motifs is 1. The number of hydrogen-bond donors (Lipinski definition) is 1. The molecule has 178 valence electrons. The van der Waals surface area contributed by atoms with Crippen LogP contribution in [0.25, 0.3) is 10.9 Å². The number of benzene rings is 2. The van der Waals surface area contributed by atoms with E-state index in [0.717, 1.165) is 5.69 Å². The molecule has 4 rings (SSSR count). The number of hydrogen-bond acceptors (Lipinski definition) is 9. The minimum atomic E-state index is -3.38. The van der Waals surface area contributed by atoms with E-state index in [0.29, 0.717) is 60.2 Å². The number of sulfone groups is 1. The lowest BCUT2D eigenvalue weighted by Crippen LogP contribution is -2.36. The SMILES string of the molecule is CCS(=O)(=O)c1ccc(N2CCOCC2)c(Nc2ncnc3cc(OC)cc(OC)c23)c1.Cl. The molecule has 0 atom stereocenters. The second-order valence-corrected chi connectivity index (χ2v) is 9.53. The van der Waals surface area contributed by atoms with Crippen LogP contribution in [0.4, 0.5) is 17.2 Å². The number of methoxy groups -OCH3 is 2. The van der Waals surface area contributed by atoms with Gasteiger partial charge in [0, 0.05) is 25.2 Å². The van der Waals surface area contributed by atoms with Gasteiger partial charge in [0.25, 0.3) is 0 Å². The molecule has 2 aromatic carbocycles. The molecule has 1 fully saturated rings. The highest BCUT2D eigenvalue weighted by Gasteiger charge is 2.21. The smallest absolute Gasteiger partial charge is 0.178 e. The van der Waals surface area contributed by atoms with E-state index in [1.165, 1.54) is 6.33 Å². The molecule has 1 aromatic heterocycles. The maximum absolute atomic E-state index is 12.6. The number of nitrogens with zero attached hydrogens (tertiary/aromatic N) is 3. The maximum Gasteiger partial charge on any atom is 0.178 e. The van der Waals surface area contributed by atoms with E-state index in [4.69, 9.17) is 14.2 Å². The Hall–Kier alpha value is -2.82. The third kappa shape index (κ3) is 5.07. The molecule has 1 saturated heterocycles. The van der Waals surface area contributed by atoms with Gasteiger partial charge in [0.05, 0.1) is 60.4 Å². The number of nitrogens with one attached hydrogen (secondary N) is 1. The van der Waals surface area contributed by atoms with E-state index in [1.807, 2.05) is 6.07 Å². The molecule has 33 heavy (non-hydrogen) atoms. The summed E-state index contributed by atoms with van der Waals surface area (Å²) in [4.78, 5) is 11.2. The molecule has 1 aliphatic rings. The van der Waals surface area contributed by atoms with Gasteiger partial charge in [-0.25, -0.2) is 18.4 Å². The van der Waals surface area contributed by atoms with Crippen LogP contribution in [0.15, 0.2) is 41.6 Å². The van der Waals surface area contributed by atoms with Gasteiger partial charge in [-0.3, -0.25) is 0 Å². The van der Waals surface area contributed by atoms with Gasteiger partial charge in [-0.1, -0.05) is 6.92 Å². The van der Waals surface area contributed by atoms with Crippen LogP contribution in [-0.2, 0) is 14.6 Å². The second-order valence-electron chi connectivity index (χ2n) is 7.25. The number of anilines is 3. The summed E-state index contributed by atoms with van der Waals surface area (Å²) in [6, 6.07) is 8.70. The van der Waals surface area contributed by atoms with Crippen molar-refractivity contribution in [1.29, 1.82) is 0 Å². The topological polar surface area (TPSA) is 103 Å². The number of aromatic nitrogens is 2. The third-order valence-electron chi connectivity index (χ3n) is 5.44. The molecule has 1 aliphatic heterocycles. The Balaban J connectivity index is 0.00000306. The minimum absolute atomic E-state index is 0. The third-order valence-corrected chi connectivity index (χ3v) is 7.18. The first-order chi connectivity index (χ1) is 15.5. The first-order valence-corrected chi connectivity index (χ1v) is 12.0. The lowest BCUT2D eigenvalue weighted by molar-refractivity contribution is 0.123. The average molecular weight is 495 g/mol. The van der Waals surface area contributed by atoms with Crippen LogP contribution >= 0.6 is 12.4 Å². The highest BCUT2D eigenvalue weighted by molar-refractivity contribution is 7.91. The fourth-order valence-electron chi connectivity index (χ4n) is 3.69. The molecule has 0 aliphatic carbocycles. The molecule has 0 radical (unpaired) electrons. The normalized spacial score (nSPS) is 14.0. The number of halogens is 1. The van der Waals surface area contributed by atoms with Crippen molar-refractivity contribution in [3.63, 3.8) is 0 Å². The van der Waals surface area contributed by atoms with Gasteiger partial charge >= 0.3 is 0 Å². The summed E-state index contributed by atoms with van der Waals surface area (Å²) >= 11 is 0. The van der Waals surface area contributed by atoms with Crippen molar-refractivity contribution in [3.8, 4) is 11.5 Å². The molecule has 2 heterocycles. The van der Waals surface area contributed by atoms with Gasteiger partial charge in [-0.05, 0) is 18.2 Å². The Morgan fingerprint density at radius 3 is 2.52 bits per heavy atom. The predicted molar refractivity (Wildman–Crippen MR) is 130 cm³/mol. The zero-order chi connectivity index (χ0) is 22.7. The van der Waals surface area contributed by atoms with Crippen LogP contribution in [0.2, 0.25) is 0 Å². The van der Waals surface area contributed by atoms with Gasteiger partial charge in [-0.15, -0.1) is 12.4 Å². The van der Waals surface area contributed by atoms with Gasteiger partial charge < -0.3 is 24.4 Å². The van der Waals surface area contributed by atoms with E-state index in [9.17, 15) is 8.42 Å². The molecular formula is C22H27ClN4O5S. The maximum atomic E-state index is 12.6. The lowest BCUT2D eigenvalue weighted by Gasteiger charge is -2.31. The molecule has 0 spiro atoms. The van der Waals surface area contributed by atoms with E-state index in [1.54, 1.807) is 45.4 Å². The van der Waals surface area contributed by atoms with Gasteiger partial charge in [0.15, 0.2) is 9.84 Å². The Bertz CT molecular complexity index is 1230. The summed E-state index contributed by atoms with van der Waals surface area (Å²) in [7, 11) is -0.235. The summed E-state index contributed by atoms with van der Waals surface area (Å²) in [6.07, 6.45) is 1.45. The zero-order valence-corrected chi connectivity index (χ0v) is 20.3. The predicted octanol–water partition coefficient (Wildman–Crippen LogP) is 3.44. The Kier molecular flexibility index (Phi) is 7.83. The fourth-order valence-corrected chi connectivity index (χ4v) is 4.59. The quantitative estimate of drug-likeness (QED) is 0.529. The van der Waals surface area contributed by atoms with Crippen LogP contribution in [0.3, 0.4) is 0 Å². The summed E-state index contributed by atoms with van der Waals surface area (Å²) < 4.78 is 41.5. The van der Waals surface area contributed by atoms with E-state index < -0.39 is 9.84 Å². The molecule has 0 amide bonds. The van der Waals surface area contributed by atoms with Crippen LogP contribution in [-0.4, -0.2) is 64.7 Å². The largest absolute Gasteiger partial charge is 0.497 e. The Morgan fingerprint density at radius 2 is 1.85 bits per heavy atom. The fraction of sp³-hybridized carbons (Fsp3) is 0.364. The van der Waals surface area contributed by atoms with Gasteiger partial charge in [0.2, 0.25) is 0 Å². The minimum Gasteiger partial charge on any atom is -0.497 e. The first kappa shape index (κ1) is 24.8. The van der Waals surface area contributed by atoms with Crippen molar-refractivity contribution in [2.45, 2.75) is 11.8 Å². The van der Waals surface area contributed by atoms with Gasteiger partial charge in [0.1, 0.15) is 23.6 Å². The lowest BCUT2D eigenvalue weighted by atomic mass is 10.1. The number of ether oxygens (including phenoxy) is 3. The molecule has 11 heteroatoms. The Morgan fingerprint density at radius 1 is 1.09 bits per heavy atom. The standard InChI is InChI=1S/C22H26N4O5S.ClH/c1-4-32(27,28)16-5-6-19(26-7-9-31-10-8-26)17(13-16)25-22-21-18(23-14-24-22)11-15(29-2)12-20(21)30-3;/h5-6,11-14H,4,7-10H2,1-3H3,(H,23,24,25);1H. The summed E-state index contributed by atoms with van der Waals surface area (Å²) in [6.45, 7) is 4.27. The molecular weight excluding hydrogens is 468 g/mol. The molecule has 3 aromatic rings. The van der Waals surface area contributed by atoms with Crippen LogP contribution in [0.5, 0.6) is 11.5 Å². The van der Waals surface area contributed by atoms with Crippen molar-refractivity contribution in [2.75, 3.05) is 56.5 Å². The second kappa shape index (κ2) is 10.4. The van der Waals surface area contributed by atoms with E-state index in [2.05, 4.69) is 20.2 Å². The van der Waals surface area contributed by atoms with E-state index in [-0.39, 0.29) is 23.1 Å². The summed E-state index contributed by atoms with van der Waals surface area (Å²) in [5.74, 6) is 1.69. The average Bonchev–Trinajstić information content (AvgIpc) is 2.83. The van der Waals surface area contributed by atoms with Crippen molar-refractivity contribution in [2.24, 2.45) is 0 Å². The van der Waals surface area contributed by atoms with E-state index >= 15 is 0 Å². The van der Waals surface area contributed by atoms with Crippen LogP contribution < -0.4 is 19.7 Å². The van der Waals surface area contributed by atoms with Crippen LogP contribution in [0, 0.1) is 0 Å². The molecule has 1 N–H and O–H groups in total.